The summed E-state index contributed by atoms with van der Waals surface area (Å²) in [7, 11) is 6.07. The second kappa shape index (κ2) is 5.26. The van der Waals surface area contributed by atoms with Crippen LogP contribution in [0.25, 0.3) is 0 Å². The maximum absolute atomic E-state index is 10.8. The van der Waals surface area contributed by atoms with E-state index in [9.17, 15) is 9.46 Å². The lowest BCUT2D eigenvalue weighted by Crippen LogP contribution is -2.27. The molecule has 0 heterocycles. The highest BCUT2D eigenvalue weighted by Crippen LogP contribution is 2.49. The molecule has 1 unspecified atom stereocenters. The minimum atomic E-state index is -3.61. The molecule has 0 spiro atoms. The van der Waals surface area contributed by atoms with Crippen LogP contribution in [0, 0.1) is 0 Å². The molecule has 14 heavy (non-hydrogen) atoms. The third kappa shape index (κ3) is 10.2. The third-order valence-corrected chi connectivity index (χ3v) is 3.19. The molecule has 0 amide bonds. The molecule has 0 rings (SSSR count). The molecule has 0 aromatic rings. The summed E-state index contributed by atoms with van der Waals surface area (Å²) in [5.74, 6) is 0. The van der Waals surface area contributed by atoms with Crippen LogP contribution in [-0.4, -0.2) is 44.9 Å². The molecule has 0 bridgehead atoms. The van der Waals surface area contributed by atoms with Crippen LogP contribution in [0.4, 0.5) is 0 Å². The van der Waals surface area contributed by atoms with Gasteiger partial charge in [0, 0.05) is 12.3 Å². The second-order valence-corrected chi connectivity index (χ2v) is 8.24. The van der Waals surface area contributed by atoms with E-state index in [4.69, 9.17) is 0 Å². The number of nitrogens with zero attached hydrogens (tertiary/aromatic N) is 1. The first kappa shape index (κ1) is 16.5. The van der Waals surface area contributed by atoms with Crippen LogP contribution in [0.5, 0.6) is 0 Å². The van der Waals surface area contributed by atoms with E-state index < -0.39 is 12.8 Å². The van der Waals surface area contributed by atoms with Gasteiger partial charge in [-0.3, -0.25) is 0 Å². The van der Waals surface area contributed by atoms with E-state index in [2.05, 4.69) is 32.7 Å². The lowest BCUT2D eigenvalue weighted by Gasteiger charge is -2.34. The Morgan fingerprint density at radius 1 is 1.14 bits per heavy atom. The molecule has 1 atom stereocenters. The van der Waals surface area contributed by atoms with Gasteiger partial charge in [0.15, 0.2) is 0 Å². The van der Waals surface area contributed by atoms with E-state index in [0.29, 0.717) is 0 Å². The summed E-state index contributed by atoms with van der Waals surface area (Å²) in [5, 5.41) is -0.776. The van der Waals surface area contributed by atoms with Gasteiger partial charge in [-0.2, -0.15) is 0 Å². The second-order valence-electron chi connectivity index (χ2n) is 5.53. The van der Waals surface area contributed by atoms with Gasteiger partial charge in [-0.15, -0.1) is 0 Å². The van der Waals surface area contributed by atoms with Gasteiger partial charge < -0.3 is 18.5 Å². The van der Waals surface area contributed by atoms with E-state index in [1.807, 2.05) is 0 Å². The molecular weight excluding hydrogens is 201 g/mol. The zero-order valence-electron chi connectivity index (χ0n) is 10.6. The minimum absolute atomic E-state index is 0.776. The average molecular weight is 225 g/mol. The van der Waals surface area contributed by atoms with Gasteiger partial charge in [-0.05, 0) is 0 Å². The smallest absolute Gasteiger partial charge is 0.140 e. The molecule has 5 heteroatoms. The molecule has 0 aliphatic heterocycles. The quantitative estimate of drug-likeness (QED) is 0.499. The SMILES string of the molecule is COP(=O)([O-])C(C)(C)C.C[N+](C)(C)C. The number of quaternary nitrogens is 1. The zero-order chi connectivity index (χ0) is 12.2. The fourth-order valence-corrected chi connectivity index (χ4v) is 0.822. The maximum Gasteiger partial charge on any atom is 0.140 e. The van der Waals surface area contributed by atoms with Gasteiger partial charge in [-0.25, -0.2) is 0 Å². The Labute approximate surface area is 88.0 Å². The monoisotopic (exact) mass is 225 g/mol. The maximum atomic E-state index is 10.8. The van der Waals surface area contributed by atoms with E-state index in [0.717, 1.165) is 4.48 Å². The summed E-state index contributed by atoms with van der Waals surface area (Å²) in [6.07, 6.45) is 0. The molecule has 0 aliphatic carbocycles. The molecule has 0 fully saturated rings. The first-order valence-electron chi connectivity index (χ1n) is 4.47. The van der Waals surface area contributed by atoms with Crippen molar-refractivity contribution in [3.05, 3.63) is 0 Å². The number of rotatable bonds is 1. The van der Waals surface area contributed by atoms with Crippen molar-refractivity contribution in [1.29, 1.82) is 0 Å². The molecule has 0 N–H and O–H groups in total. The van der Waals surface area contributed by atoms with Gasteiger partial charge in [0.1, 0.15) is 7.60 Å². The molecule has 0 aliphatic rings. The van der Waals surface area contributed by atoms with Crippen LogP contribution in [0.15, 0.2) is 0 Å². The Morgan fingerprint density at radius 3 is 1.36 bits per heavy atom. The molecule has 0 aromatic heterocycles. The van der Waals surface area contributed by atoms with E-state index in [-0.39, 0.29) is 0 Å². The summed E-state index contributed by atoms with van der Waals surface area (Å²) in [6, 6.07) is 0. The largest absolute Gasteiger partial charge is 0.778 e. The first-order valence-corrected chi connectivity index (χ1v) is 6.01. The molecule has 88 valence electrons. The van der Waals surface area contributed by atoms with Crippen LogP contribution in [-0.2, 0) is 9.09 Å². The van der Waals surface area contributed by atoms with Gasteiger partial charge >= 0.3 is 0 Å². The molecule has 4 nitrogen and oxygen atoms in total. The fourth-order valence-electron chi connectivity index (χ4n) is 0.274. The summed E-state index contributed by atoms with van der Waals surface area (Å²) in [5.41, 5.74) is 0. The van der Waals surface area contributed by atoms with Crippen LogP contribution < -0.4 is 4.89 Å². The number of hydrogen-bond donors (Lipinski definition) is 0. The highest BCUT2D eigenvalue weighted by molar-refractivity contribution is 7.53. The topological polar surface area (TPSA) is 49.4 Å². The summed E-state index contributed by atoms with van der Waals surface area (Å²) < 4.78 is 16.1. The Hall–Kier alpha value is 0.110. The Bertz CT molecular complexity index is 197. The van der Waals surface area contributed by atoms with Crippen LogP contribution in [0.3, 0.4) is 0 Å². The van der Waals surface area contributed by atoms with Crippen molar-refractivity contribution in [2.75, 3.05) is 35.3 Å². The molecule has 0 saturated heterocycles. The van der Waals surface area contributed by atoms with Crippen LogP contribution in [0.2, 0.25) is 0 Å². The van der Waals surface area contributed by atoms with Gasteiger partial charge in [-0.1, -0.05) is 20.8 Å². The van der Waals surface area contributed by atoms with Crippen molar-refractivity contribution in [3.63, 3.8) is 0 Å². The molecule has 0 radical (unpaired) electrons. The van der Waals surface area contributed by atoms with E-state index >= 15 is 0 Å². The summed E-state index contributed by atoms with van der Waals surface area (Å²) >= 11 is 0. The summed E-state index contributed by atoms with van der Waals surface area (Å²) in [4.78, 5) is 10.8. The van der Waals surface area contributed by atoms with Gasteiger partial charge in [0.05, 0.1) is 28.2 Å². The van der Waals surface area contributed by atoms with Crippen molar-refractivity contribution >= 4 is 7.60 Å². The van der Waals surface area contributed by atoms with Gasteiger partial charge in [0.2, 0.25) is 0 Å². The molecule has 0 saturated carbocycles. The lowest BCUT2D eigenvalue weighted by molar-refractivity contribution is -0.849. The van der Waals surface area contributed by atoms with Crippen molar-refractivity contribution in [1.82, 2.24) is 0 Å². The third-order valence-electron chi connectivity index (χ3n) is 1.06. The average Bonchev–Trinajstić information content (AvgIpc) is 1.81. The first-order chi connectivity index (χ1) is 5.81. The fraction of sp³-hybridized carbons (Fsp3) is 1.00. The Morgan fingerprint density at radius 2 is 1.36 bits per heavy atom. The number of hydrogen-bond acceptors (Lipinski definition) is 3. The van der Waals surface area contributed by atoms with Crippen LogP contribution >= 0.6 is 7.60 Å². The Balaban J connectivity index is 0. The standard InChI is InChI=1S/C5H13O3P.C4H12N/c1-5(2,3)9(6,7)8-4;1-5(2,3)4/h1-4H3,(H,6,7);1-4H3/q;+1/p-1. The highest BCUT2D eigenvalue weighted by atomic mass is 31.2. The van der Waals surface area contributed by atoms with Crippen molar-refractivity contribution < 1.29 is 18.5 Å². The van der Waals surface area contributed by atoms with E-state index in [1.165, 1.54) is 7.11 Å². The van der Waals surface area contributed by atoms with Crippen molar-refractivity contribution in [3.8, 4) is 0 Å². The molecular formula is C9H24NO3P. The zero-order valence-corrected chi connectivity index (χ0v) is 11.5. The van der Waals surface area contributed by atoms with Gasteiger partial charge in [0.25, 0.3) is 0 Å². The van der Waals surface area contributed by atoms with Crippen LogP contribution in [0.1, 0.15) is 20.8 Å². The predicted molar refractivity (Wildman–Crippen MR) is 58.3 cm³/mol. The van der Waals surface area contributed by atoms with E-state index in [1.54, 1.807) is 20.8 Å². The van der Waals surface area contributed by atoms with Crippen molar-refractivity contribution in [2.45, 2.75) is 25.9 Å². The summed E-state index contributed by atoms with van der Waals surface area (Å²) in [6.45, 7) is 4.80. The molecule has 0 aromatic carbocycles. The Kier molecular flexibility index (Phi) is 6.22. The highest BCUT2D eigenvalue weighted by Gasteiger charge is 2.24. The lowest BCUT2D eigenvalue weighted by atomic mass is 10.3. The predicted octanol–water partition coefficient (Wildman–Crippen LogP) is 1.31. The van der Waals surface area contributed by atoms with Crippen molar-refractivity contribution in [2.24, 2.45) is 0 Å². The minimum Gasteiger partial charge on any atom is -0.778 e. The normalized spacial score (nSPS) is 16.6.